The van der Waals surface area contributed by atoms with Gasteiger partial charge in [-0.1, -0.05) is 18.2 Å². The Bertz CT molecular complexity index is 1020. The van der Waals surface area contributed by atoms with E-state index in [1.54, 1.807) is 13.0 Å². The number of carbonyl (C=O) groups is 3. The molecule has 2 aliphatic rings. The van der Waals surface area contributed by atoms with E-state index >= 15 is 0 Å². The zero-order chi connectivity index (χ0) is 20.2. The first-order valence-corrected chi connectivity index (χ1v) is 9.65. The van der Waals surface area contributed by atoms with Crippen molar-refractivity contribution in [1.82, 2.24) is 14.8 Å². The molecule has 2 aromatic rings. The van der Waals surface area contributed by atoms with Gasteiger partial charge in [-0.2, -0.15) is 0 Å². The maximum atomic E-state index is 13.1. The average Bonchev–Trinajstić information content (AvgIpc) is 3.30. The van der Waals surface area contributed by atoms with Gasteiger partial charge in [0.05, 0.1) is 6.54 Å². The van der Waals surface area contributed by atoms with Crippen LogP contribution in [0.2, 0.25) is 0 Å². The summed E-state index contributed by atoms with van der Waals surface area (Å²) >= 11 is 0. The van der Waals surface area contributed by atoms with Gasteiger partial charge in [-0.25, -0.2) is 4.79 Å². The number of fused-ring (bicyclic) bond motifs is 1. The molecule has 0 unspecified atom stereocenters. The van der Waals surface area contributed by atoms with Crippen LogP contribution in [0.25, 0.3) is 0 Å². The van der Waals surface area contributed by atoms with Crippen molar-refractivity contribution in [3.05, 3.63) is 57.9 Å². The van der Waals surface area contributed by atoms with Crippen molar-refractivity contribution in [2.45, 2.75) is 45.6 Å². The Hall–Kier alpha value is -2.89. The summed E-state index contributed by atoms with van der Waals surface area (Å²) in [6.07, 6.45) is 3.17. The van der Waals surface area contributed by atoms with Gasteiger partial charge in [-0.05, 0) is 62.8 Å². The minimum absolute atomic E-state index is 0.233. The number of amides is 3. The summed E-state index contributed by atoms with van der Waals surface area (Å²) in [5, 5.41) is 2.81. The van der Waals surface area contributed by atoms with Crippen molar-refractivity contribution in [1.29, 1.82) is 0 Å². The molecular weight excluding hydrogens is 354 g/mol. The molecule has 6 nitrogen and oxygen atoms in total. The summed E-state index contributed by atoms with van der Waals surface area (Å²) in [5.41, 5.74) is 4.52. The predicted octanol–water partition coefficient (Wildman–Crippen LogP) is 2.78. The van der Waals surface area contributed by atoms with Crippen LogP contribution in [0, 0.1) is 13.8 Å². The number of Topliss-reactive ketones (excluding diaryl/α,β-unsaturated/α-hetero) is 1. The molecule has 2 heterocycles. The highest BCUT2D eigenvalue weighted by Gasteiger charge is 2.49. The molecule has 0 bridgehead atoms. The molecule has 4 rings (SSSR count). The standard InChI is InChI=1S/C22H25N3O3/c1-13-10-18(14(2)24(13)4)19(26)12-25-20(27)22(3,23-21(25)28)17-9-8-15-6-5-7-16(15)11-17/h8-11H,5-7,12H2,1-4H3,(H,23,28)/t22-/m0/s1. The number of carbonyl (C=O) groups excluding carboxylic acids is 3. The van der Waals surface area contributed by atoms with Gasteiger partial charge in [0.25, 0.3) is 5.91 Å². The largest absolute Gasteiger partial charge is 0.351 e. The van der Waals surface area contributed by atoms with Gasteiger partial charge in [0.15, 0.2) is 5.78 Å². The number of benzene rings is 1. The van der Waals surface area contributed by atoms with Gasteiger partial charge in [-0.3, -0.25) is 14.5 Å². The number of nitrogens with zero attached hydrogens (tertiary/aromatic N) is 2. The van der Waals surface area contributed by atoms with E-state index in [-0.39, 0.29) is 18.2 Å². The number of aryl methyl sites for hydroxylation is 3. The molecule has 28 heavy (non-hydrogen) atoms. The van der Waals surface area contributed by atoms with E-state index in [1.165, 1.54) is 11.1 Å². The van der Waals surface area contributed by atoms with Crippen LogP contribution in [0.3, 0.4) is 0 Å². The minimum atomic E-state index is -1.14. The molecule has 0 saturated carbocycles. The van der Waals surface area contributed by atoms with Crippen LogP contribution in [0.1, 0.15) is 51.8 Å². The number of hydrogen-bond acceptors (Lipinski definition) is 3. The second kappa shape index (κ2) is 6.33. The molecule has 1 saturated heterocycles. The van der Waals surface area contributed by atoms with E-state index in [4.69, 9.17) is 0 Å². The summed E-state index contributed by atoms with van der Waals surface area (Å²) < 4.78 is 1.92. The lowest BCUT2D eigenvalue weighted by molar-refractivity contribution is -0.130. The fraction of sp³-hybridized carbons (Fsp3) is 0.409. The molecule has 1 fully saturated rings. The van der Waals surface area contributed by atoms with E-state index in [2.05, 4.69) is 5.32 Å². The Balaban J connectivity index is 1.60. The number of ketones is 1. The third kappa shape index (κ3) is 2.66. The second-order valence-electron chi connectivity index (χ2n) is 8.05. The second-order valence-corrected chi connectivity index (χ2v) is 8.05. The van der Waals surface area contributed by atoms with Crippen molar-refractivity contribution >= 4 is 17.7 Å². The molecule has 1 aliphatic carbocycles. The van der Waals surface area contributed by atoms with Crippen molar-refractivity contribution in [3.8, 4) is 0 Å². The molecule has 1 aromatic heterocycles. The minimum Gasteiger partial charge on any atom is -0.351 e. The summed E-state index contributed by atoms with van der Waals surface area (Å²) in [5.74, 6) is -0.614. The number of imide groups is 1. The molecule has 0 spiro atoms. The molecule has 3 amide bonds. The van der Waals surface area contributed by atoms with Crippen LogP contribution in [0.5, 0.6) is 0 Å². The molecule has 146 valence electrons. The lowest BCUT2D eigenvalue weighted by atomic mass is 9.89. The highest BCUT2D eigenvalue weighted by molar-refractivity contribution is 6.11. The maximum absolute atomic E-state index is 13.1. The van der Waals surface area contributed by atoms with Gasteiger partial charge in [0.1, 0.15) is 5.54 Å². The average molecular weight is 379 g/mol. The third-order valence-corrected chi connectivity index (χ3v) is 6.33. The van der Waals surface area contributed by atoms with Crippen molar-refractivity contribution in [2.75, 3.05) is 6.54 Å². The molecule has 6 heteroatoms. The Kier molecular flexibility index (Phi) is 4.17. The molecule has 0 radical (unpaired) electrons. The zero-order valence-corrected chi connectivity index (χ0v) is 16.8. The molecule has 1 aliphatic heterocycles. The van der Waals surface area contributed by atoms with E-state index in [1.807, 2.05) is 43.7 Å². The SMILES string of the molecule is Cc1cc(C(=O)CN2C(=O)N[C@@](C)(c3ccc4c(c3)CCC4)C2=O)c(C)n1C. The van der Waals surface area contributed by atoms with Gasteiger partial charge in [-0.15, -0.1) is 0 Å². The molecule has 1 atom stereocenters. The highest BCUT2D eigenvalue weighted by Crippen LogP contribution is 2.32. The fourth-order valence-electron chi connectivity index (χ4n) is 4.29. The zero-order valence-electron chi connectivity index (χ0n) is 16.8. The highest BCUT2D eigenvalue weighted by atomic mass is 16.2. The number of nitrogens with one attached hydrogen (secondary N) is 1. The maximum Gasteiger partial charge on any atom is 0.325 e. The van der Waals surface area contributed by atoms with Crippen LogP contribution < -0.4 is 5.32 Å². The van der Waals surface area contributed by atoms with Crippen LogP contribution in [0.4, 0.5) is 4.79 Å². The van der Waals surface area contributed by atoms with Crippen LogP contribution in [-0.4, -0.2) is 33.7 Å². The molecule has 1 aromatic carbocycles. The lowest BCUT2D eigenvalue weighted by Crippen LogP contribution is -2.41. The summed E-state index contributed by atoms with van der Waals surface area (Å²) in [4.78, 5) is 39.5. The quantitative estimate of drug-likeness (QED) is 0.656. The first-order chi connectivity index (χ1) is 13.2. The number of aromatic nitrogens is 1. The Labute approximate surface area is 164 Å². The third-order valence-electron chi connectivity index (χ3n) is 6.33. The van der Waals surface area contributed by atoms with Crippen molar-refractivity contribution < 1.29 is 14.4 Å². The fourth-order valence-corrected chi connectivity index (χ4v) is 4.29. The topological polar surface area (TPSA) is 71.4 Å². The Morgan fingerprint density at radius 1 is 1.14 bits per heavy atom. The van der Waals surface area contributed by atoms with E-state index in [9.17, 15) is 14.4 Å². The molecular formula is C22H25N3O3. The number of hydrogen-bond donors (Lipinski definition) is 1. The summed E-state index contributed by atoms with van der Waals surface area (Å²) in [6, 6.07) is 7.27. The summed E-state index contributed by atoms with van der Waals surface area (Å²) in [6.45, 7) is 5.24. The first kappa shape index (κ1) is 18.5. The molecule has 1 N–H and O–H groups in total. The van der Waals surface area contributed by atoms with E-state index in [0.717, 1.165) is 41.1 Å². The number of rotatable bonds is 4. The lowest BCUT2D eigenvalue weighted by Gasteiger charge is -2.23. The van der Waals surface area contributed by atoms with Crippen LogP contribution in [0.15, 0.2) is 24.3 Å². The van der Waals surface area contributed by atoms with E-state index < -0.39 is 11.6 Å². The normalized spacial score (nSPS) is 21.2. The smallest absolute Gasteiger partial charge is 0.325 e. The van der Waals surface area contributed by atoms with Gasteiger partial charge < -0.3 is 9.88 Å². The van der Waals surface area contributed by atoms with Gasteiger partial charge in [0.2, 0.25) is 0 Å². The van der Waals surface area contributed by atoms with Crippen LogP contribution >= 0.6 is 0 Å². The first-order valence-electron chi connectivity index (χ1n) is 9.65. The monoisotopic (exact) mass is 379 g/mol. The van der Waals surface area contributed by atoms with Crippen LogP contribution in [-0.2, 0) is 30.2 Å². The van der Waals surface area contributed by atoms with Crippen molar-refractivity contribution in [3.63, 3.8) is 0 Å². The van der Waals surface area contributed by atoms with Gasteiger partial charge >= 0.3 is 6.03 Å². The summed E-state index contributed by atoms with van der Waals surface area (Å²) in [7, 11) is 1.89. The van der Waals surface area contributed by atoms with Crippen molar-refractivity contribution in [2.24, 2.45) is 7.05 Å². The van der Waals surface area contributed by atoms with Gasteiger partial charge in [0, 0.05) is 24.0 Å². The predicted molar refractivity (Wildman–Crippen MR) is 105 cm³/mol. The Morgan fingerprint density at radius 2 is 1.86 bits per heavy atom. The van der Waals surface area contributed by atoms with E-state index in [0.29, 0.717) is 5.56 Å². The Morgan fingerprint density at radius 3 is 2.54 bits per heavy atom. The number of urea groups is 1.